The lowest BCUT2D eigenvalue weighted by molar-refractivity contribution is -0.113. The third kappa shape index (κ3) is 4.52. The van der Waals surface area contributed by atoms with Crippen molar-refractivity contribution in [3.63, 3.8) is 0 Å². The highest BCUT2D eigenvalue weighted by molar-refractivity contribution is 8.00. The summed E-state index contributed by atoms with van der Waals surface area (Å²) < 4.78 is 0. The lowest BCUT2D eigenvalue weighted by Gasteiger charge is -2.12. The number of hydrogen-bond acceptors (Lipinski definition) is 4. The fraction of sp³-hybridized carbons (Fsp3) is 0.160. The van der Waals surface area contributed by atoms with Gasteiger partial charge in [-0.05, 0) is 17.7 Å². The van der Waals surface area contributed by atoms with Crippen LogP contribution in [-0.4, -0.2) is 21.6 Å². The van der Waals surface area contributed by atoms with Gasteiger partial charge in [-0.25, -0.2) is 9.97 Å². The second-order valence-electron chi connectivity index (χ2n) is 7.31. The Morgan fingerprint density at radius 1 is 0.900 bits per heavy atom. The molecule has 4 nitrogen and oxygen atoms in total. The average Bonchev–Trinajstić information content (AvgIpc) is 2.78. The minimum Gasteiger partial charge on any atom is -0.325 e. The monoisotopic (exact) mass is 413 g/mol. The zero-order valence-corrected chi connectivity index (χ0v) is 17.8. The van der Waals surface area contributed by atoms with Crippen LogP contribution >= 0.6 is 11.8 Å². The van der Waals surface area contributed by atoms with Gasteiger partial charge in [0.1, 0.15) is 10.9 Å². The van der Waals surface area contributed by atoms with Crippen LogP contribution in [0.2, 0.25) is 0 Å². The van der Waals surface area contributed by atoms with Crippen LogP contribution in [0.4, 0.5) is 5.69 Å². The van der Waals surface area contributed by atoms with Crippen molar-refractivity contribution in [2.24, 2.45) is 0 Å². The number of hydrogen-bond donors (Lipinski definition) is 1. The molecular formula is C25H23N3OS. The Kier molecular flexibility index (Phi) is 6.10. The molecule has 1 aromatic heterocycles. The lowest BCUT2D eigenvalue weighted by Crippen LogP contribution is -2.15. The van der Waals surface area contributed by atoms with Crippen molar-refractivity contribution < 1.29 is 4.79 Å². The van der Waals surface area contributed by atoms with Gasteiger partial charge in [-0.3, -0.25) is 4.79 Å². The second kappa shape index (κ2) is 9.09. The molecule has 0 aliphatic rings. The van der Waals surface area contributed by atoms with Gasteiger partial charge in [-0.2, -0.15) is 0 Å². The highest BCUT2D eigenvalue weighted by atomic mass is 32.2. The molecule has 4 aromatic rings. The minimum atomic E-state index is -0.0582. The Bertz CT molecular complexity index is 1180. The van der Waals surface area contributed by atoms with Gasteiger partial charge in [0.15, 0.2) is 0 Å². The van der Waals surface area contributed by atoms with E-state index in [0.29, 0.717) is 0 Å². The lowest BCUT2D eigenvalue weighted by atomic mass is 10.0. The van der Waals surface area contributed by atoms with Gasteiger partial charge in [0, 0.05) is 22.6 Å². The van der Waals surface area contributed by atoms with E-state index in [1.54, 1.807) is 0 Å². The van der Waals surface area contributed by atoms with Gasteiger partial charge in [0.2, 0.25) is 5.91 Å². The number of nitrogens with zero attached hydrogens (tertiary/aromatic N) is 2. The summed E-state index contributed by atoms with van der Waals surface area (Å²) in [5.41, 5.74) is 3.80. The number of aromatic nitrogens is 2. The molecule has 150 valence electrons. The van der Waals surface area contributed by atoms with Gasteiger partial charge in [-0.1, -0.05) is 92.3 Å². The van der Waals surface area contributed by atoms with Crippen molar-refractivity contribution >= 4 is 34.3 Å². The van der Waals surface area contributed by atoms with Crippen molar-refractivity contribution in [3.05, 3.63) is 84.7 Å². The van der Waals surface area contributed by atoms with Crippen LogP contribution in [0.5, 0.6) is 0 Å². The van der Waals surface area contributed by atoms with E-state index in [1.165, 1.54) is 11.8 Å². The number of benzene rings is 3. The predicted octanol–water partition coefficient (Wildman–Crippen LogP) is 6.15. The number of para-hydroxylation sites is 2. The molecule has 0 unspecified atom stereocenters. The molecule has 0 saturated carbocycles. The SMILES string of the molecule is CC(C)c1nc(SCC(=O)Nc2ccccc2-c2ccccc2)c2ccccc2n1. The van der Waals surface area contributed by atoms with Crippen molar-refractivity contribution in [1.82, 2.24) is 9.97 Å². The molecule has 1 amide bonds. The zero-order chi connectivity index (χ0) is 20.9. The molecule has 0 radical (unpaired) electrons. The van der Waals surface area contributed by atoms with Gasteiger partial charge in [-0.15, -0.1) is 0 Å². The first-order valence-electron chi connectivity index (χ1n) is 9.95. The van der Waals surface area contributed by atoms with Gasteiger partial charge in [0.25, 0.3) is 0 Å². The quantitative estimate of drug-likeness (QED) is 0.304. The summed E-state index contributed by atoms with van der Waals surface area (Å²) >= 11 is 1.45. The zero-order valence-electron chi connectivity index (χ0n) is 17.0. The van der Waals surface area contributed by atoms with Crippen LogP contribution in [0.25, 0.3) is 22.0 Å². The third-order valence-electron chi connectivity index (χ3n) is 4.73. The molecule has 30 heavy (non-hydrogen) atoms. The van der Waals surface area contributed by atoms with Crippen molar-refractivity contribution in [2.45, 2.75) is 24.8 Å². The Morgan fingerprint density at radius 3 is 2.40 bits per heavy atom. The van der Waals surface area contributed by atoms with E-state index in [9.17, 15) is 4.79 Å². The summed E-state index contributed by atoms with van der Waals surface area (Å²) in [6.45, 7) is 4.15. The maximum absolute atomic E-state index is 12.7. The summed E-state index contributed by atoms with van der Waals surface area (Å²) in [5.74, 6) is 1.24. The molecule has 0 aliphatic carbocycles. The van der Waals surface area contributed by atoms with Crippen LogP contribution < -0.4 is 5.32 Å². The Balaban J connectivity index is 1.53. The fourth-order valence-corrected chi connectivity index (χ4v) is 4.04. The molecule has 1 N–H and O–H groups in total. The Morgan fingerprint density at radius 2 is 1.60 bits per heavy atom. The standard InChI is InChI=1S/C25H23N3OS/c1-17(2)24-27-22-15-9-7-13-20(22)25(28-24)30-16-23(29)26-21-14-8-6-12-19(21)18-10-4-3-5-11-18/h3-15,17H,16H2,1-2H3,(H,26,29). The molecule has 0 aliphatic heterocycles. The first kappa shape index (κ1) is 20.1. The molecule has 4 rings (SSSR count). The van der Waals surface area contributed by atoms with Crippen LogP contribution in [0.1, 0.15) is 25.6 Å². The van der Waals surface area contributed by atoms with Crippen molar-refractivity contribution in [2.75, 3.05) is 11.1 Å². The molecule has 3 aromatic carbocycles. The molecule has 0 spiro atoms. The number of anilines is 1. The van der Waals surface area contributed by atoms with Crippen molar-refractivity contribution in [1.29, 1.82) is 0 Å². The highest BCUT2D eigenvalue weighted by Crippen LogP contribution is 2.29. The normalized spacial score (nSPS) is 11.0. The highest BCUT2D eigenvalue weighted by Gasteiger charge is 2.13. The van der Waals surface area contributed by atoms with Crippen LogP contribution in [0.3, 0.4) is 0 Å². The van der Waals surface area contributed by atoms with Crippen LogP contribution in [0, 0.1) is 0 Å². The maximum Gasteiger partial charge on any atom is 0.234 e. The molecular weight excluding hydrogens is 390 g/mol. The number of rotatable bonds is 6. The second-order valence-corrected chi connectivity index (χ2v) is 8.27. The first-order chi connectivity index (χ1) is 14.6. The fourth-order valence-electron chi connectivity index (χ4n) is 3.21. The summed E-state index contributed by atoms with van der Waals surface area (Å²) in [7, 11) is 0. The number of carbonyl (C=O) groups is 1. The smallest absolute Gasteiger partial charge is 0.234 e. The van der Waals surface area contributed by atoms with E-state index < -0.39 is 0 Å². The van der Waals surface area contributed by atoms with E-state index in [2.05, 4.69) is 24.1 Å². The molecule has 5 heteroatoms. The maximum atomic E-state index is 12.7. The largest absolute Gasteiger partial charge is 0.325 e. The van der Waals surface area contributed by atoms with Gasteiger partial charge >= 0.3 is 0 Å². The first-order valence-corrected chi connectivity index (χ1v) is 10.9. The Hall–Kier alpha value is -3.18. The molecule has 0 saturated heterocycles. The minimum absolute atomic E-state index is 0.0582. The molecule has 1 heterocycles. The third-order valence-corrected chi connectivity index (χ3v) is 5.72. The van der Waals surface area contributed by atoms with E-state index in [1.807, 2.05) is 78.9 Å². The number of fused-ring (bicyclic) bond motifs is 1. The van der Waals surface area contributed by atoms with E-state index in [-0.39, 0.29) is 17.6 Å². The van der Waals surface area contributed by atoms with Crippen molar-refractivity contribution in [3.8, 4) is 11.1 Å². The van der Waals surface area contributed by atoms with E-state index >= 15 is 0 Å². The summed E-state index contributed by atoms with van der Waals surface area (Å²) in [4.78, 5) is 22.1. The number of amides is 1. The van der Waals surface area contributed by atoms with E-state index in [4.69, 9.17) is 4.98 Å². The average molecular weight is 414 g/mol. The molecule has 0 fully saturated rings. The summed E-state index contributed by atoms with van der Waals surface area (Å²) in [6.07, 6.45) is 0. The van der Waals surface area contributed by atoms with Gasteiger partial charge < -0.3 is 5.32 Å². The summed E-state index contributed by atoms with van der Waals surface area (Å²) in [5, 5.41) is 4.88. The van der Waals surface area contributed by atoms with Crippen LogP contribution in [0.15, 0.2) is 83.9 Å². The Labute approximate surface area is 180 Å². The summed E-state index contributed by atoms with van der Waals surface area (Å²) in [6, 6.07) is 25.9. The molecule has 0 atom stereocenters. The number of carbonyl (C=O) groups excluding carboxylic acids is 1. The van der Waals surface area contributed by atoms with Crippen LogP contribution in [-0.2, 0) is 4.79 Å². The topological polar surface area (TPSA) is 54.9 Å². The van der Waals surface area contributed by atoms with E-state index in [0.717, 1.165) is 38.6 Å². The number of thioether (sulfide) groups is 1. The predicted molar refractivity (Wildman–Crippen MR) is 125 cm³/mol. The van der Waals surface area contributed by atoms with Gasteiger partial charge in [0.05, 0.1) is 11.3 Å². The number of nitrogens with one attached hydrogen (secondary N) is 1. The molecule has 0 bridgehead atoms.